The van der Waals surface area contributed by atoms with Gasteiger partial charge in [-0.15, -0.1) is 0 Å². The van der Waals surface area contributed by atoms with Gasteiger partial charge in [0.25, 0.3) is 0 Å². The lowest BCUT2D eigenvalue weighted by Gasteiger charge is -2.05. The van der Waals surface area contributed by atoms with Gasteiger partial charge in [0, 0.05) is 11.9 Å². The van der Waals surface area contributed by atoms with E-state index in [0.717, 1.165) is 10.8 Å². The molecule has 5 nitrogen and oxygen atoms in total. The van der Waals surface area contributed by atoms with Gasteiger partial charge in [0.15, 0.2) is 0 Å². The highest BCUT2D eigenvalue weighted by Crippen LogP contribution is 2.18. The van der Waals surface area contributed by atoms with Crippen LogP contribution in [-0.4, -0.2) is 26.8 Å². The van der Waals surface area contributed by atoms with E-state index < -0.39 is 12.1 Å². The van der Waals surface area contributed by atoms with Crippen LogP contribution in [0.3, 0.4) is 0 Å². The van der Waals surface area contributed by atoms with Gasteiger partial charge in [-0.2, -0.15) is 0 Å². The third-order valence-electron chi connectivity index (χ3n) is 1.89. The molecule has 0 radical (unpaired) electrons. The van der Waals surface area contributed by atoms with Crippen LogP contribution in [0.1, 0.15) is 35.8 Å². The number of aromatic nitrogens is 1. The maximum Gasteiger partial charge on any atom is 0.415 e. The van der Waals surface area contributed by atoms with Gasteiger partial charge in [-0.25, -0.2) is 9.59 Å². The largest absolute Gasteiger partial charge is 0.478 e. The van der Waals surface area contributed by atoms with Crippen molar-refractivity contribution in [1.82, 2.24) is 4.57 Å². The molecular formula is C9H11NO4. The summed E-state index contributed by atoms with van der Waals surface area (Å²) in [5, 5.41) is 17.5. The Kier molecular flexibility index (Phi) is 2.60. The Hall–Kier alpha value is -1.78. The molecule has 0 spiro atoms. The second-order valence-electron chi connectivity index (χ2n) is 3.27. The molecule has 0 atom stereocenters. The molecule has 0 unspecified atom stereocenters. The minimum absolute atomic E-state index is 0.00361. The standard InChI is InChI=1S/C9H11NO4/c1-5(2)7-3-6(8(11)12)4-10(7)9(13)14/h3-5H,1-2H3,(H,11,12)(H,13,14). The van der Waals surface area contributed by atoms with Crippen molar-refractivity contribution < 1.29 is 19.8 Å². The number of rotatable bonds is 2. The minimum atomic E-state index is -1.17. The van der Waals surface area contributed by atoms with Crippen molar-refractivity contribution in [2.24, 2.45) is 0 Å². The second kappa shape index (κ2) is 3.53. The Bertz CT molecular complexity index is 378. The number of hydrogen-bond donors (Lipinski definition) is 2. The Morgan fingerprint density at radius 1 is 1.36 bits per heavy atom. The Morgan fingerprint density at radius 3 is 2.21 bits per heavy atom. The van der Waals surface area contributed by atoms with Crippen molar-refractivity contribution in [3.63, 3.8) is 0 Å². The quantitative estimate of drug-likeness (QED) is 0.758. The summed E-state index contributed by atoms with van der Waals surface area (Å²) in [6.07, 6.45) is -0.0544. The van der Waals surface area contributed by atoms with Crippen molar-refractivity contribution in [2.75, 3.05) is 0 Å². The molecule has 0 aromatic carbocycles. The molecule has 0 aliphatic rings. The van der Waals surface area contributed by atoms with Gasteiger partial charge >= 0.3 is 12.1 Å². The summed E-state index contributed by atoms with van der Waals surface area (Å²) >= 11 is 0. The normalized spacial score (nSPS) is 10.5. The number of nitrogens with zero attached hydrogens (tertiary/aromatic N) is 1. The summed E-state index contributed by atoms with van der Waals surface area (Å²) in [5.41, 5.74) is 0.478. The van der Waals surface area contributed by atoms with E-state index in [2.05, 4.69) is 0 Å². The molecule has 1 heterocycles. The number of aromatic carboxylic acids is 1. The van der Waals surface area contributed by atoms with Crippen molar-refractivity contribution in [3.05, 3.63) is 23.5 Å². The molecule has 76 valence electrons. The summed E-state index contributed by atoms with van der Waals surface area (Å²) in [4.78, 5) is 21.3. The van der Waals surface area contributed by atoms with Crippen LogP contribution < -0.4 is 0 Å². The smallest absolute Gasteiger partial charge is 0.415 e. The molecular weight excluding hydrogens is 186 g/mol. The first-order valence-electron chi connectivity index (χ1n) is 4.12. The van der Waals surface area contributed by atoms with Crippen LogP contribution in [-0.2, 0) is 0 Å². The summed E-state index contributed by atoms with van der Waals surface area (Å²) < 4.78 is 0.939. The molecule has 14 heavy (non-hydrogen) atoms. The average molecular weight is 197 g/mol. The van der Waals surface area contributed by atoms with Crippen LogP contribution in [0.4, 0.5) is 4.79 Å². The zero-order chi connectivity index (χ0) is 10.9. The summed E-state index contributed by atoms with van der Waals surface area (Å²) in [5.74, 6) is -1.15. The summed E-state index contributed by atoms with van der Waals surface area (Å²) in [6.45, 7) is 3.61. The van der Waals surface area contributed by atoms with Gasteiger partial charge in [-0.1, -0.05) is 13.8 Å². The molecule has 0 aliphatic heterocycles. The fraction of sp³-hybridized carbons (Fsp3) is 0.333. The van der Waals surface area contributed by atoms with Crippen LogP contribution in [0.15, 0.2) is 12.3 Å². The molecule has 1 rings (SSSR count). The van der Waals surface area contributed by atoms with Crippen molar-refractivity contribution in [1.29, 1.82) is 0 Å². The fourth-order valence-corrected chi connectivity index (χ4v) is 1.21. The van der Waals surface area contributed by atoms with Crippen LogP contribution in [0.25, 0.3) is 0 Å². The Morgan fingerprint density at radius 2 is 1.93 bits per heavy atom. The van der Waals surface area contributed by atoms with Gasteiger partial charge in [-0.05, 0) is 12.0 Å². The van der Waals surface area contributed by atoms with E-state index in [-0.39, 0.29) is 11.5 Å². The monoisotopic (exact) mass is 197 g/mol. The molecule has 0 bridgehead atoms. The van der Waals surface area contributed by atoms with Crippen LogP contribution >= 0.6 is 0 Å². The van der Waals surface area contributed by atoms with Gasteiger partial charge < -0.3 is 10.2 Å². The van der Waals surface area contributed by atoms with E-state index in [1.165, 1.54) is 6.07 Å². The molecule has 0 saturated heterocycles. The fourth-order valence-electron chi connectivity index (χ4n) is 1.21. The van der Waals surface area contributed by atoms with Crippen molar-refractivity contribution in [3.8, 4) is 0 Å². The zero-order valence-electron chi connectivity index (χ0n) is 7.89. The van der Waals surface area contributed by atoms with Gasteiger partial charge in [0.1, 0.15) is 0 Å². The van der Waals surface area contributed by atoms with Crippen molar-refractivity contribution in [2.45, 2.75) is 19.8 Å². The first-order chi connectivity index (χ1) is 6.43. The van der Waals surface area contributed by atoms with E-state index >= 15 is 0 Å². The maximum atomic E-state index is 10.7. The molecule has 0 fully saturated rings. The Labute approximate surface area is 80.6 Å². The van der Waals surface area contributed by atoms with Gasteiger partial charge in [-0.3, -0.25) is 4.57 Å². The second-order valence-corrected chi connectivity index (χ2v) is 3.27. The lowest BCUT2D eigenvalue weighted by atomic mass is 10.1. The third-order valence-corrected chi connectivity index (χ3v) is 1.89. The van der Waals surface area contributed by atoms with E-state index in [4.69, 9.17) is 10.2 Å². The lowest BCUT2D eigenvalue weighted by molar-refractivity contribution is 0.0697. The predicted molar refractivity (Wildman–Crippen MR) is 48.9 cm³/mol. The van der Waals surface area contributed by atoms with E-state index in [0.29, 0.717) is 5.69 Å². The molecule has 0 saturated carbocycles. The van der Waals surface area contributed by atoms with E-state index in [9.17, 15) is 9.59 Å². The molecule has 1 aromatic heterocycles. The first-order valence-corrected chi connectivity index (χ1v) is 4.12. The predicted octanol–water partition coefficient (Wildman–Crippen LogP) is 1.84. The van der Waals surface area contributed by atoms with E-state index in [1.807, 2.05) is 0 Å². The maximum absolute atomic E-state index is 10.7. The average Bonchev–Trinajstić information content (AvgIpc) is 2.47. The molecule has 5 heteroatoms. The lowest BCUT2D eigenvalue weighted by Crippen LogP contribution is -2.11. The number of carboxylic acids is 1. The minimum Gasteiger partial charge on any atom is -0.478 e. The first kappa shape index (κ1) is 10.3. The van der Waals surface area contributed by atoms with Crippen LogP contribution in [0.2, 0.25) is 0 Å². The number of carbonyl (C=O) groups is 2. The highest BCUT2D eigenvalue weighted by atomic mass is 16.4. The number of hydrogen-bond acceptors (Lipinski definition) is 2. The molecule has 1 aromatic rings. The van der Waals surface area contributed by atoms with Gasteiger partial charge in [0.05, 0.1) is 5.56 Å². The highest BCUT2D eigenvalue weighted by Gasteiger charge is 2.16. The topological polar surface area (TPSA) is 79.5 Å². The summed E-state index contributed by atoms with van der Waals surface area (Å²) in [6, 6.07) is 1.38. The zero-order valence-corrected chi connectivity index (χ0v) is 7.89. The summed E-state index contributed by atoms with van der Waals surface area (Å²) in [7, 11) is 0. The molecule has 0 aliphatic carbocycles. The number of carboxylic acid groups (broad SMARTS) is 2. The third kappa shape index (κ3) is 1.76. The SMILES string of the molecule is CC(C)c1cc(C(=O)O)cn1C(=O)O. The molecule has 0 amide bonds. The molecule has 2 N–H and O–H groups in total. The van der Waals surface area contributed by atoms with Gasteiger partial charge in [0.2, 0.25) is 0 Å². The van der Waals surface area contributed by atoms with E-state index in [1.54, 1.807) is 13.8 Å². The van der Waals surface area contributed by atoms with Crippen molar-refractivity contribution >= 4 is 12.1 Å². The highest BCUT2D eigenvalue weighted by molar-refractivity contribution is 5.89. The Balaban J connectivity index is 3.26. The van der Waals surface area contributed by atoms with Crippen LogP contribution in [0, 0.1) is 0 Å². The van der Waals surface area contributed by atoms with Crippen LogP contribution in [0.5, 0.6) is 0 Å².